The summed E-state index contributed by atoms with van der Waals surface area (Å²) < 4.78 is 5.66. The molecule has 2 amide bonds. The number of rotatable bonds is 4. The molecule has 2 heterocycles. The number of anilines is 1. The molecule has 7 heteroatoms. The molecule has 0 bridgehead atoms. The molecule has 0 radical (unpaired) electrons. The van der Waals surface area contributed by atoms with Crippen LogP contribution in [0.4, 0.5) is 5.69 Å². The van der Waals surface area contributed by atoms with E-state index in [1.165, 1.54) is 0 Å². The van der Waals surface area contributed by atoms with E-state index in [2.05, 4.69) is 0 Å². The Labute approximate surface area is 148 Å². The molecule has 6 nitrogen and oxygen atoms in total. The summed E-state index contributed by atoms with van der Waals surface area (Å²) in [5, 5.41) is 0. The van der Waals surface area contributed by atoms with E-state index in [1.54, 1.807) is 16.8 Å². The summed E-state index contributed by atoms with van der Waals surface area (Å²) in [5.41, 5.74) is 6.46. The lowest BCUT2D eigenvalue weighted by atomic mass is 10.1. The number of hydrogen-bond acceptors (Lipinski definition) is 4. The lowest BCUT2D eigenvalue weighted by Gasteiger charge is -2.26. The molecule has 1 unspecified atom stereocenters. The Bertz CT molecular complexity index is 584. The van der Waals surface area contributed by atoms with Gasteiger partial charge in [-0.3, -0.25) is 9.59 Å². The second-order valence-corrected chi connectivity index (χ2v) is 6.14. The number of hydrogen-bond donors (Lipinski definition) is 1. The molecular formula is C17H24ClN3O3. The van der Waals surface area contributed by atoms with Gasteiger partial charge in [-0.15, -0.1) is 12.4 Å². The molecule has 0 spiro atoms. The van der Waals surface area contributed by atoms with Gasteiger partial charge in [0, 0.05) is 25.8 Å². The predicted molar refractivity (Wildman–Crippen MR) is 94.2 cm³/mol. The number of halogens is 1. The minimum atomic E-state index is -0.466. The molecule has 24 heavy (non-hydrogen) atoms. The zero-order valence-corrected chi connectivity index (χ0v) is 14.6. The first-order valence-corrected chi connectivity index (χ1v) is 8.10. The van der Waals surface area contributed by atoms with E-state index in [-0.39, 0.29) is 30.3 Å². The fraction of sp³-hybridized carbons (Fsp3) is 0.529. The molecule has 0 aromatic heterocycles. The Morgan fingerprint density at radius 1 is 1.29 bits per heavy atom. The Hall–Kier alpha value is -1.63. The highest BCUT2D eigenvalue weighted by Gasteiger charge is 2.40. The number of carbonyl (C=O) groups is 2. The second kappa shape index (κ2) is 7.96. The Morgan fingerprint density at radius 3 is 2.62 bits per heavy atom. The van der Waals surface area contributed by atoms with Crippen molar-refractivity contribution in [2.75, 3.05) is 25.0 Å². The zero-order valence-electron chi connectivity index (χ0n) is 13.8. The van der Waals surface area contributed by atoms with E-state index in [9.17, 15) is 9.59 Å². The van der Waals surface area contributed by atoms with Crippen molar-refractivity contribution < 1.29 is 14.3 Å². The zero-order chi connectivity index (χ0) is 16.4. The van der Waals surface area contributed by atoms with E-state index in [1.807, 2.05) is 30.3 Å². The molecule has 2 aliphatic heterocycles. The van der Waals surface area contributed by atoms with Crippen molar-refractivity contribution in [3.05, 3.63) is 30.3 Å². The highest BCUT2D eigenvalue weighted by Crippen LogP contribution is 2.26. The predicted octanol–water partition coefficient (Wildman–Crippen LogP) is 1.18. The minimum Gasteiger partial charge on any atom is -0.364 e. The number of nitrogens with zero attached hydrogens (tertiary/aromatic N) is 2. The second-order valence-electron chi connectivity index (χ2n) is 6.14. The average Bonchev–Trinajstić information content (AvgIpc) is 3.21. The van der Waals surface area contributed by atoms with Gasteiger partial charge < -0.3 is 20.3 Å². The van der Waals surface area contributed by atoms with Crippen LogP contribution in [0.15, 0.2) is 30.3 Å². The highest BCUT2D eigenvalue weighted by atomic mass is 35.5. The van der Waals surface area contributed by atoms with Crippen LogP contribution in [0, 0.1) is 0 Å². The van der Waals surface area contributed by atoms with Crippen LogP contribution in [0.2, 0.25) is 0 Å². The van der Waals surface area contributed by atoms with Crippen molar-refractivity contribution in [3.8, 4) is 0 Å². The summed E-state index contributed by atoms with van der Waals surface area (Å²) in [4.78, 5) is 28.5. The number of para-hydroxylation sites is 1. The van der Waals surface area contributed by atoms with Crippen LogP contribution in [0.3, 0.4) is 0 Å². The topological polar surface area (TPSA) is 75.9 Å². The van der Waals surface area contributed by atoms with Gasteiger partial charge in [-0.2, -0.15) is 0 Å². The molecule has 2 fully saturated rings. The maximum Gasteiger partial charge on any atom is 0.252 e. The van der Waals surface area contributed by atoms with Gasteiger partial charge in [-0.1, -0.05) is 18.2 Å². The van der Waals surface area contributed by atoms with Crippen molar-refractivity contribution in [2.24, 2.45) is 5.73 Å². The van der Waals surface area contributed by atoms with E-state index in [0.29, 0.717) is 25.9 Å². The molecule has 2 N–H and O–H groups in total. The summed E-state index contributed by atoms with van der Waals surface area (Å²) in [6, 6.07) is 9.14. The third kappa shape index (κ3) is 3.55. The number of carbonyl (C=O) groups excluding carboxylic acids is 2. The molecule has 0 aliphatic carbocycles. The van der Waals surface area contributed by atoms with Crippen LogP contribution in [-0.4, -0.2) is 55.1 Å². The van der Waals surface area contributed by atoms with Crippen LogP contribution < -0.4 is 10.6 Å². The van der Waals surface area contributed by atoms with Gasteiger partial charge >= 0.3 is 0 Å². The molecule has 2 aliphatic rings. The molecule has 1 aromatic carbocycles. The van der Waals surface area contributed by atoms with Gasteiger partial charge in [0.1, 0.15) is 12.1 Å². The van der Waals surface area contributed by atoms with Gasteiger partial charge in [-0.05, 0) is 31.4 Å². The minimum absolute atomic E-state index is 0. The van der Waals surface area contributed by atoms with Crippen molar-refractivity contribution in [1.29, 1.82) is 0 Å². The van der Waals surface area contributed by atoms with Crippen LogP contribution in [0.1, 0.15) is 19.3 Å². The summed E-state index contributed by atoms with van der Waals surface area (Å²) >= 11 is 0. The number of benzene rings is 1. The first kappa shape index (κ1) is 18.7. The number of amides is 2. The van der Waals surface area contributed by atoms with E-state index < -0.39 is 12.1 Å². The molecule has 0 saturated carbocycles. The van der Waals surface area contributed by atoms with Gasteiger partial charge in [-0.25, -0.2) is 0 Å². The van der Waals surface area contributed by atoms with Crippen molar-refractivity contribution >= 4 is 29.9 Å². The maximum atomic E-state index is 12.7. The fourth-order valence-corrected chi connectivity index (χ4v) is 3.33. The van der Waals surface area contributed by atoms with Crippen LogP contribution >= 0.6 is 12.4 Å². The monoisotopic (exact) mass is 353 g/mol. The normalized spacial score (nSPS) is 26.3. The first-order valence-electron chi connectivity index (χ1n) is 8.10. The summed E-state index contributed by atoms with van der Waals surface area (Å²) in [6.07, 6.45) is 1.61. The van der Waals surface area contributed by atoms with Crippen LogP contribution in [0.5, 0.6) is 0 Å². The number of ether oxygens (including phenoxy) is 1. The summed E-state index contributed by atoms with van der Waals surface area (Å²) in [6.45, 7) is 1.06. The molecule has 3 rings (SSSR count). The summed E-state index contributed by atoms with van der Waals surface area (Å²) in [7, 11) is 1.69. The van der Waals surface area contributed by atoms with Crippen molar-refractivity contribution in [3.63, 3.8) is 0 Å². The van der Waals surface area contributed by atoms with Gasteiger partial charge in [0.05, 0.1) is 6.10 Å². The third-order valence-corrected chi connectivity index (χ3v) is 4.71. The molecule has 132 valence electrons. The molecule has 2 saturated heterocycles. The van der Waals surface area contributed by atoms with Crippen molar-refractivity contribution in [2.45, 2.75) is 37.5 Å². The average molecular weight is 354 g/mol. The SMILES string of the molecule is CN(C(=O)[C@@H]1CC[C@H](CN)O1)C1CCN(c2ccccc2)C1=O.Cl. The van der Waals surface area contributed by atoms with Gasteiger partial charge in [0.15, 0.2) is 0 Å². The van der Waals surface area contributed by atoms with E-state index >= 15 is 0 Å². The highest BCUT2D eigenvalue weighted by molar-refractivity contribution is 6.01. The Kier molecular flexibility index (Phi) is 6.21. The van der Waals surface area contributed by atoms with E-state index in [0.717, 1.165) is 12.1 Å². The standard InChI is InChI=1S/C17H23N3O3.ClH/c1-19(17(22)15-8-7-13(11-18)23-15)14-9-10-20(16(14)21)12-5-3-2-4-6-12;/h2-6,13-15H,7-11,18H2,1H3;1H/t13-,14?,15+;/m1./s1. The molecule has 3 atom stereocenters. The fourth-order valence-electron chi connectivity index (χ4n) is 3.33. The largest absolute Gasteiger partial charge is 0.364 e. The smallest absolute Gasteiger partial charge is 0.252 e. The third-order valence-electron chi connectivity index (χ3n) is 4.71. The van der Waals surface area contributed by atoms with Gasteiger partial charge in [0.2, 0.25) is 5.91 Å². The number of nitrogens with two attached hydrogens (primary N) is 1. The quantitative estimate of drug-likeness (QED) is 0.881. The van der Waals surface area contributed by atoms with Crippen molar-refractivity contribution in [1.82, 2.24) is 4.90 Å². The van der Waals surface area contributed by atoms with Gasteiger partial charge in [0.25, 0.3) is 5.91 Å². The summed E-state index contributed by atoms with van der Waals surface area (Å²) in [5.74, 6) is -0.144. The Morgan fingerprint density at radius 2 is 2.00 bits per heavy atom. The molecular weight excluding hydrogens is 330 g/mol. The lowest BCUT2D eigenvalue weighted by Crippen LogP contribution is -2.47. The van der Waals surface area contributed by atoms with Crippen LogP contribution in [0.25, 0.3) is 0 Å². The molecule has 1 aromatic rings. The maximum absolute atomic E-state index is 12.7. The van der Waals surface area contributed by atoms with Crippen LogP contribution in [-0.2, 0) is 14.3 Å². The lowest BCUT2D eigenvalue weighted by molar-refractivity contribution is -0.146. The van der Waals surface area contributed by atoms with E-state index in [4.69, 9.17) is 10.5 Å². The number of likely N-dealkylation sites (N-methyl/N-ethyl adjacent to an activating group) is 1. The Balaban J connectivity index is 0.00000208. The first-order chi connectivity index (χ1) is 11.1.